The van der Waals surface area contributed by atoms with Crippen molar-refractivity contribution >= 4 is 33.2 Å². The minimum absolute atomic E-state index is 0.0528. The number of rotatable bonds is 4. The van der Waals surface area contributed by atoms with E-state index in [1.165, 1.54) is 17.8 Å². The van der Waals surface area contributed by atoms with Crippen molar-refractivity contribution in [2.75, 3.05) is 5.32 Å². The fourth-order valence-electron chi connectivity index (χ4n) is 3.33. The van der Waals surface area contributed by atoms with Crippen molar-refractivity contribution < 1.29 is 4.92 Å². The van der Waals surface area contributed by atoms with E-state index in [1.807, 2.05) is 19.2 Å². The van der Waals surface area contributed by atoms with Gasteiger partial charge >= 0.3 is 0 Å². The van der Waals surface area contributed by atoms with Crippen molar-refractivity contribution in [1.29, 1.82) is 0 Å². The molecule has 0 aliphatic heterocycles. The summed E-state index contributed by atoms with van der Waals surface area (Å²) in [6.45, 7) is 2.58. The van der Waals surface area contributed by atoms with Crippen LogP contribution in [0.1, 0.15) is 11.4 Å². The zero-order valence-corrected chi connectivity index (χ0v) is 14.4. The summed E-state index contributed by atoms with van der Waals surface area (Å²) in [6, 6.07) is 11.1. The van der Waals surface area contributed by atoms with Crippen molar-refractivity contribution in [3.8, 4) is 0 Å². The summed E-state index contributed by atoms with van der Waals surface area (Å²) in [5, 5.41) is 15.9. The second kappa shape index (κ2) is 6.11. The van der Waals surface area contributed by atoms with Gasteiger partial charge in [0.1, 0.15) is 5.82 Å². The number of nitrogens with zero attached hydrogens (tertiary/aromatic N) is 4. The number of aromatic nitrogens is 3. The van der Waals surface area contributed by atoms with Crippen molar-refractivity contribution in [1.82, 2.24) is 14.5 Å². The van der Waals surface area contributed by atoms with Gasteiger partial charge in [-0.2, -0.15) is 0 Å². The van der Waals surface area contributed by atoms with Gasteiger partial charge in [0.25, 0.3) is 5.69 Å². The summed E-state index contributed by atoms with van der Waals surface area (Å²) < 4.78 is 2.08. The van der Waals surface area contributed by atoms with Crippen LogP contribution in [-0.2, 0) is 13.6 Å². The third-order valence-corrected chi connectivity index (χ3v) is 4.62. The number of para-hydroxylation sites is 1. The van der Waals surface area contributed by atoms with E-state index >= 15 is 0 Å². The van der Waals surface area contributed by atoms with Gasteiger partial charge in [-0.3, -0.25) is 15.1 Å². The van der Waals surface area contributed by atoms with Gasteiger partial charge in [0.2, 0.25) is 0 Å². The largest absolute Gasteiger partial charge is 0.377 e. The third-order valence-electron chi connectivity index (χ3n) is 4.62. The lowest BCUT2D eigenvalue weighted by atomic mass is 10.1. The molecule has 0 bridgehead atoms. The number of nitro groups is 1. The molecule has 0 saturated carbocycles. The average molecular weight is 347 g/mol. The SMILES string of the molecule is Cc1cccc2nc(CNc3ccc([N+](=O)[O-])c4cnccc34)n(C)c12. The number of anilines is 1. The predicted octanol–water partition coefficient (Wildman–Crippen LogP) is 3.95. The Bertz CT molecular complexity index is 1150. The molecule has 0 spiro atoms. The first-order chi connectivity index (χ1) is 12.6. The predicted molar refractivity (Wildman–Crippen MR) is 101 cm³/mol. The maximum absolute atomic E-state index is 11.2. The van der Waals surface area contributed by atoms with E-state index in [1.54, 1.807) is 18.3 Å². The van der Waals surface area contributed by atoms with Gasteiger partial charge in [-0.25, -0.2) is 4.98 Å². The van der Waals surface area contributed by atoms with Gasteiger partial charge in [-0.15, -0.1) is 0 Å². The first kappa shape index (κ1) is 16.0. The van der Waals surface area contributed by atoms with Gasteiger partial charge in [0.15, 0.2) is 0 Å². The molecule has 0 fully saturated rings. The van der Waals surface area contributed by atoms with E-state index in [4.69, 9.17) is 4.98 Å². The Kier molecular flexibility index (Phi) is 3.76. The van der Waals surface area contributed by atoms with E-state index < -0.39 is 0 Å². The topological polar surface area (TPSA) is 85.9 Å². The van der Waals surface area contributed by atoms with Gasteiger partial charge in [0.05, 0.1) is 27.9 Å². The van der Waals surface area contributed by atoms with Crippen LogP contribution in [0.15, 0.2) is 48.8 Å². The molecule has 0 aliphatic rings. The van der Waals surface area contributed by atoms with Gasteiger partial charge < -0.3 is 9.88 Å². The summed E-state index contributed by atoms with van der Waals surface area (Å²) in [5.74, 6) is 0.898. The molecule has 4 aromatic rings. The fourth-order valence-corrected chi connectivity index (χ4v) is 3.33. The number of imidazole rings is 1. The number of non-ortho nitro benzene ring substituents is 1. The highest BCUT2D eigenvalue weighted by molar-refractivity contribution is 5.99. The van der Waals surface area contributed by atoms with Crippen LogP contribution in [0, 0.1) is 17.0 Å². The first-order valence-electron chi connectivity index (χ1n) is 8.22. The number of hydrogen-bond acceptors (Lipinski definition) is 5. The molecule has 26 heavy (non-hydrogen) atoms. The standard InChI is InChI=1S/C19H17N5O2/c1-12-4-3-5-16-19(12)23(2)18(22-16)11-21-15-6-7-17(24(25)26)14-10-20-9-8-13(14)15/h3-10,21H,11H2,1-2H3. The normalized spacial score (nSPS) is 11.2. The van der Waals surface area contributed by atoms with Crippen molar-refractivity contribution in [3.63, 3.8) is 0 Å². The van der Waals surface area contributed by atoms with Crippen LogP contribution in [0.3, 0.4) is 0 Å². The average Bonchev–Trinajstić information content (AvgIpc) is 2.96. The van der Waals surface area contributed by atoms with Crippen LogP contribution in [-0.4, -0.2) is 19.5 Å². The van der Waals surface area contributed by atoms with Crippen molar-refractivity contribution in [2.45, 2.75) is 13.5 Å². The number of hydrogen-bond donors (Lipinski definition) is 1. The van der Waals surface area contributed by atoms with Crippen LogP contribution in [0.4, 0.5) is 11.4 Å². The first-order valence-corrected chi connectivity index (χ1v) is 8.22. The summed E-state index contributed by atoms with van der Waals surface area (Å²) in [5.41, 5.74) is 4.12. The maximum Gasteiger partial charge on any atom is 0.278 e. The van der Waals surface area contributed by atoms with Crippen LogP contribution in [0.25, 0.3) is 21.8 Å². The van der Waals surface area contributed by atoms with E-state index in [-0.39, 0.29) is 10.6 Å². The zero-order valence-electron chi connectivity index (χ0n) is 14.4. The fraction of sp³-hybridized carbons (Fsp3) is 0.158. The molecule has 0 saturated heterocycles. The smallest absolute Gasteiger partial charge is 0.278 e. The molecule has 130 valence electrons. The molecule has 2 aromatic heterocycles. The van der Waals surface area contributed by atoms with Gasteiger partial charge in [-0.05, 0) is 30.7 Å². The van der Waals surface area contributed by atoms with E-state index in [2.05, 4.69) is 27.9 Å². The minimum Gasteiger partial charge on any atom is -0.377 e. The van der Waals surface area contributed by atoms with E-state index in [0.717, 1.165) is 27.9 Å². The lowest BCUT2D eigenvalue weighted by Gasteiger charge is -2.10. The highest BCUT2D eigenvalue weighted by Gasteiger charge is 2.15. The molecular weight excluding hydrogens is 330 g/mol. The van der Waals surface area contributed by atoms with Gasteiger partial charge in [0, 0.05) is 36.6 Å². The highest BCUT2D eigenvalue weighted by atomic mass is 16.6. The van der Waals surface area contributed by atoms with Gasteiger partial charge in [-0.1, -0.05) is 12.1 Å². The summed E-state index contributed by atoms with van der Waals surface area (Å²) in [7, 11) is 2.00. The Morgan fingerprint density at radius 1 is 1.19 bits per heavy atom. The molecule has 2 aromatic carbocycles. The highest BCUT2D eigenvalue weighted by Crippen LogP contribution is 2.31. The minimum atomic E-state index is -0.387. The quantitative estimate of drug-likeness (QED) is 0.446. The third kappa shape index (κ3) is 2.54. The molecule has 0 atom stereocenters. The van der Waals surface area contributed by atoms with Crippen LogP contribution in [0.5, 0.6) is 0 Å². The Labute approximate surface area is 149 Å². The molecule has 7 nitrogen and oxygen atoms in total. The maximum atomic E-state index is 11.2. The number of nitrogens with one attached hydrogen (secondary N) is 1. The van der Waals surface area contributed by atoms with Crippen molar-refractivity contribution in [3.05, 3.63) is 70.3 Å². The Hall–Kier alpha value is -3.48. The molecule has 0 amide bonds. The molecule has 2 heterocycles. The lowest BCUT2D eigenvalue weighted by Crippen LogP contribution is -2.06. The van der Waals surface area contributed by atoms with Crippen LogP contribution >= 0.6 is 0 Å². The summed E-state index contributed by atoms with van der Waals surface area (Å²) >= 11 is 0. The lowest BCUT2D eigenvalue weighted by molar-refractivity contribution is -0.383. The molecule has 0 radical (unpaired) electrons. The monoisotopic (exact) mass is 347 g/mol. The number of nitro benzene ring substituents is 1. The molecule has 0 aliphatic carbocycles. The van der Waals surface area contributed by atoms with E-state index in [0.29, 0.717) is 11.9 Å². The number of pyridine rings is 1. The van der Waals surface area contributed by atoms with Crippen LogP contribution in [0.2, 0.25) is 0 Å². The zero-order chi connectivity index (χ0) is 18.3. The Morgan fingerprint density at radius 2 is 2.04 bits per heavy atom. The van der Waals surface area contributed by atoms with Crippen LogP contribution < -0.4 is 5.32 Å². The molecule has 4 rings (SSSR count). The van der Waals surface area contributed by atoms with E-state index in [9.17, 15) is 10.1 Å². The second-order valence-electron chi connectivity index (χ2n) is 6.19. The second-order valence-corrected chi connectivity index (χ2v) is 6.19. The molecular formula is C19H17N5O2. The summed E-state index contributed by atoms with van der Waals surface area (Å²) in [4.78, 5) is 19.6. The molecule has 0 unspecified atom stereocenters. The number of fused-ring (bicyclic) bond motifs is 2. The number of aryl methyl sites for hydroxylation is 2. The van der Waals surface area contributed by atoms with Crippen molar-refractivity contribution in [2.24, 2.45) is 7.05 Å². The Balaban J connectivity index is 1.71. The molecule has 7 heteroatoms. The molecule has 1 N–H and O–H groups in total. The Morgan fingerprint density at radius 3 is 2.81 bits per heavy atom. The number of benzene rings is 2. The summed E-state index contributed by atoms with van der Waals surface area (Å²) in [6.07, 6.45) is 3.16.